The summed E-state index contributed by atoms with van der Waals surface area (Å²) in [4.78, 5) is 11.0. The standard InChI is InChI=1S/C16H16O6S/c1-21-16(17)22-14-9-7-13(8-10-14)15(23(18,19)20)11-12-5-3-2-4-6-12/h2-10,15H,11H2,1H3,(H,18,19,20). The Morgan fingerprint density at radius 2 is 1.70 bits per heavy atom. The number of benzene rings is 2. The van der Waals surface area contributed by atoms with Gasteiger partial charge in [0.05, 0.1) is 7.11 Å². The lowest BCUT2D eigenvalue weighted by Gasteiger charge is -2.15. The fourth-order valence-electron chi connectivity index (χ4n) is 2.11. The predicted octanol–water partition coefficient (Wildman–Crippen LogP) is 3.00. The molecular formula is C16H16O6S. The average Bonchev–Trinajstić information content (AvgIpc) is 2.53. The van der Waals surface area contributed by atoms with Crippen LogP contribution >= 0.6 is 0 Å². The van der Waals surface area contributed by atoms with Gasteiger partial charge < -0.3 is 9.47 Å². The smallest absolute Gasteiger partial charge is 0.437 e. The van der Waals surface area contributed by atoms with Gasteiger partial charge in [-0.25, -0.2) is 4.79 Å². The van der Waals surface area contributed by atoms with Crippen LogP contribution in [0.3, 0.4) is 0 Å². The largest absolute Gasteiger partial charge is 0.513 e. The third kappa shape index (κ3) is 4.80. The molecule has 0 saturated carbocycles. The maximum absolute atomic E-state index is 11.7. The molecule has 0 amide bonds. The van der Waals surface area contributed by atoms with Crippen molar-refractivity contribution >= 4 is 16.3 Å². The molecule has 0 aromatic heterocycles. The molecule has 0 saturated heterocycles. The summed E-state index contributed by atoms with van der Waals surface area (Å²) >= 11 is 0. The van der Waals surface area contributed by atoms with Crippen LogP contribution in [0.25, 0.3) is 0 Å². The second-order valence-electron chi connectivity index (χ2n) is 4.82. The number of carbonyl (C=O) groups is 1. The molecule has 1 N–H and O–H groups in total. The van der Waals surface area contributed by atoms with Gasteiger partial charge in [-0.3, -0.25) is 4.55 Å². The zero-order valence-corrected chi connectivity index (χ0v) is 13.2. The maximum Gasteiger partial charge on any atom is 0.513 e. The monoisotopic (exact) mass is 336 g/mol. The minimum Gasteiger partial charge on any atom is -0.437 e. The fourth-order valence-corrected chi connectivity index (χ4v) is 3.02. The van der Waals surface area contributed by atoms with E-state index < -0.39 is 21.5 Å². The fraction of sp³-hybridized carbons (Fsp3) is 0.188. The van der Waals surface area contributed by atoms with E-state index in [4.69, 9.17) is 4.74 Å². The van der Waals surface area contributed by atoms with E-state index in [1.807, 2.05) is 6.07 Å². The van der Waals surface area contributed by atoms with Crippen LogP contribution in [0.15, 0.2) is 54.6 Å². The molecule has 0 aliphatic heterocycles. The molecule has 0 spiro atoms. The van der Waals surface area contributed by atoms with Crippen LogP contribution < -0.4 is 4.74 Å². The van der Waals surface area contributed by atoms with E-state index in [2.05, 4.69) is 4.74 Å². The van der Waals surface area contributed by atoms with Crippen molar-refractivity contribution in [3.63, 3.8) is 0 Å². The summed E-state index contributed by atoms with van der Waals surface area (Å²) in [5.74, 6) is 0.217. The van der Waals surface area contributed by atoms with Crippen LogP contribution in [0.2, 0.25) is 0 Å². The van der Waals surface area contributed by atoms with Gasteiger partial charge in [-0.15, -0.1) is 0 Å². The van der Waals surface area contributed by atoms with Crippen molar-refractivity contribution in [2.24, 2.45) is 0 Å². The van der Waals surface area contributed by atoms with E-state index in [9.17, 15) is 17.8 Å². The molecule has 2 aromatic rings. The molecule has 122 valence electrons. The molecule has 7 heteroatoms. The summed E-state index contributed by atoms with van der Waals surface area (Å²) in [5, 5.41) is -1.10. The summed E-state index contributed by atoms with van der Waals surface area (Å²) in [6.45, 7) is 0. The molecule has 1 unspecified atom stereocenters. The second-order valence-corrected chi connectivity index (χ2v) is 6.42. The van der Waals surface area contributed by atoms with Gasteiger partial charge in [0.1, 0.15) is 11.0 Å². The molecule has 0 fully saturated rings. The van der Waals surface area contributed by atoms with E-state index in [0.717, 1.165) is 5.56 Å². The van der Waals surface area contributed by atoms with Crippen molar-refractivity contribution in [3.05, 3.63) is 65.7 Å². The molecule has 2 rings (SSSR count). The number of hydrogen-bond donors (Lipinski definition) is 1. The Morgan fingerprint density at radius 1 is 1.09 bits per heavy atom. The third-order valence-electron chi connectivity index (χ3n) is 3.24. The van der Waals surface area contributed by atoms with Crippen molar-refractivity contribution < 1.29 is 27.2 Å². The molecular weight excluding hydrogens is 320 g/mol. The molecule has 1 atom stereocenters. The second kappa shape index (κ2) is 7.26. The van der Waals surface area contributed by atoms with Gasteiger partial charge in [0.2, 0.25) is 0 Å². The number of rotatable bonds is 5. The average molecular weight is 336 g/mol. The highest BCUT2D eigenvalue weighted by molar-refractivity contribution is 7.86. The van der Waals surface area contributed by atoms with Gasteiger partial charge >= 0.3 is 6.16 Å². The molecule has 0 radical (unpaired) electrons. The summed E-state index contributed by atoms with van der Waals surface area (Å²) in [6, 6.07) is 14.8. The Hall–Kier alpha value is -2.38. The highest BCUT2D eigenvalue weighted by atomic mass is 32.2. The maximum atomic E-state index is 11.7. The van der Waals surface area contributed by atoms with E-state index in [-0.39, 0.29) is 12.2 Å². The molecule has 0 aliphatic rings. The predicted molar refractivity (Wildman–Crippen MR) is 83.9 cm³/mol. The highest BCUT2D eigenvalue weighted by Gasteiger charge is 2.25. The van der Waals surface area contributed by atoms with Crippen LogP contribution in [0.4, 0.5) is 4.79 Å². The number of ether oxygens (including phenoxy) is 2. The van der Waals surface area contributed by atoms with Crippen molar-refractivity contribution in [3.8, 4) is 5.75 Å². The van der Waals surface area contributed by atoms with E-state index in [0.29, 0.717) is 5.56 Å². The van der Waals surface area contributed by atoms with E-state index in [1.54, 1.807) is 24.3 Å². The van der Waals surface area contributed by atoms with E-state index in [1.165, 1.54) is 31.4 Å². The molecule has 23 heavy (non-hydrogen) atoms. The minimum absolute atomic E-state index is 0.136. The SMILES string of the molecule is COC(=O)Oc1ccc(C(Cc2ccccc2)S(=O)(=O)O)cc1. The van der Waals surface area contributed by atoms with Crippen LogP contribution in [-0.2, 0) is 21.3 Å². The normalized spacial score (nSPS) is 12.4. The number of hydrogen-bond acceptors (Lipinski definition) is 5. The summed E-state index contributed by atoms with van der Waals surface area (Å²) in [7, 11) is -3.10. The Bertz CT molecular complexity index is 753. The topological polar surface area (TPSA) is 89.9 Å². The van der Waals surface area contributed by atoms with Gasteiger partial charge in [0.25, 0.3) is 10.1 Å². The number of carbonyl (C=O) groups excluding carboxylic acids is 1. The van der Waals surface area contributed by atoms with Crippen molar-refractivity contribution in [1.82, 2.24) is 0 Å². The lowest BCUT2D eigenvalue weighted by atomic mass is 10.0. The van der Waals surface area contributed by atoms with Crippen molar-refractivity contribution in [2.75, 3.05) is 7.11 Å². The van der Waals surface area contributed by atoms with Crippen LogP contribution in [-0.4, -0.2) is 26.2 Å². The minimum atomic E-state index is -4.29. The summed E-state index contributed by atoms with van der Waals surface area (Å²) in [6.07, 6.45) is -0.731. The Morgan fingerprint density at radius 3 is 2.22 bits per heavy atom. The van der Waals surface area contributed by atoms with Gasteiger partial charge in [-0.1, -0.05) is 42.5 Å². The zero-order chi connectivity index (χ0) is 16.9. The van der Waals surface area contributed by atoms with Crippen molar-refractivity contribution in [1.29, 1.82) is 0 Å². The summed E-state index contributed by atoms with van der Waals surface area (Å²) < 4.78 is 42.1. The first-order chi connectivity index (χ1) is 10.9. The summed E-state index contributed by atoms with van der Waals surface area (Å²) in [5.41, 5.74) is 1.18. The molecule has 2 aromatic carbocycles. The zero-order valence-electron chi connectivity index (χ0n) is 12.4. The third-order valence-corrected chi connectivity index (χ3v) is 4.40. The lowest BCUT2D eigenvalue weighted by molar-refractivity contribution is 0.121. The van der Waals surface area contributed by atoms with Gasteiger partial charge in [-0.2, -0.15) is 8.42 Å². The first-order valence-electron chi connectivity index (χ1n) is 6.76. The highest BCUT2D eigenvalue weighted by Crippen LogP contribution is 2.27. The van der Waals surface area contributed by atoms with Gasteiger partial charge in [0.15, 0.2) is 0 Å². The molecule has 6 nitrogen and oxygen atoms in total. The quantitative estimate of drug-likeness (QED) is 0.513. The Kier molecular flexibility index (Phi) is 5.36. The van der Waals surface area contributed by atoms with Gasteiger partial charge in [-0.05, 0) is 29.7 Å². The molecule has 0 bridgehead atoms. The van der Waals surface area contributed by atoms with Crippen LogP contribution in [0, 0.1) is 0 Å². The first kappa shape index (κ1) is 17.0. The van der Waals surface area contributed by atoms with Crippen LogP contribution in [0.1, 0.15) is 16.4 Å². The lowest BCUT2D eigenvalue weighted by Crippen LogP contribution is -2.15. The first-order valence-corrected chi connectivity index (χ1v) is 8.26. The molecule has 0 aliphatic carbocycles. The van der Waals surface area contributed by atoms with Crippen molar-refractivity contribution in [2.45, 2.75) is 11.7 Å². The van der Waals surface area contributed by atoms with E-state index >= 15 is 0 Å². The Labute approximate surface area is 134 Å². The van der Waals surface area contributed by atoms with Gasteiger partial charge in [0, 0.05) is 0 Å². The Balaban J connectivity index is 2.24. The van der Waals surface area contributed by atoms with Crippen LogP contribution in [0.5, 0.6) is 5.75 Å². The number of methoxy groups -OCH3 is 1. The molecule has 0 heterocycles.